The molecule has 1 N–H and O–H groups in total. The first-order chi connectivity index (χ1) is 9.74. The Morgan fingerprint density at radius 3 is 2.55 bits per heavy atom. The highest BCUT2D eigenvalue weighted by Gasteiger charge is 2.17. The fraction of sp³-hybridized carbons (Fsp3) is 0.500. The Balaban J connectivity index is 1.61. The van der Waals surface area contributed by atoms with E-state index in [0.29, 0.717) is 18.0 Å². The zero-order valence-electron chi connectivity index (χ0n) is 11.6. The van der Waals surface area contributed by atoms with E-state index < -0.39 is 0 Å². The van der Waals surface area contributed by atoms with Crippen LogP contribution in [0.25, 0.3) is 0 Å². The van der Waals surface area contributed by atoms with Crippen LogP contribution in [0.5, 0.6) is 0 Å². The van der Waals surface area contributed by atoms with Crippen molar-refractivity contribution in [2.24, 2.45) is 5.92 Å². The summed E-state index contributed by atoms with van der Waals surface area (Å²) in [5.74, 6) is 0.0891. The number of rotatable bonds is 6. The van der Waals surface area contributed by atoms with E-state index in [1.807, 2.05) is 18.2 Å². The zero-order valence-corrected chi connectivity index (χ0v) is 11.6. The Hall–Kier alpha value is -1.84. The fourth-order valence-electron chi connectivity index (χ4n) is 2.56. The smallest absolute Gasteiger partial charge is 0.306 e. The Kier molecular flexibility index (Phi) is 5.59. The van der Waals surface area contributed by atoms with Gasteiger partial charge in [-0.05, 0) is 24.5 Å². The van der Waals surface area contributed by atoms with Crippen molar-refractivity contribution in [2.75, 3.05) is 11.9 Å². The quantitative estimate of drug-likeness (QED) is 0.811. The SMILES string of the molecule is O=C(COC(=O)CCC1CCCC1)Nc1ccccc1. The highest BCUT2D eigenvalue weighted by molar-refractivity contribution is 5.92. The first-order valence-electron chi connectivity index (χ1n) is 7.24. The van der Waals surface area contributed by atoms with E-state index in [0.717, 1.165) is 6.42 Å². The monoisotopic (exact) mass is 275 g/mol. The van der Waals surface area contributed by atoms with E-state index in [4.69, 9.17) is 4.74 Å². The maximum Gasteiger partial charge on any atom is 0.306 e. The second-order valence-electron chi connectivity index (χ2n) is 5.26. The minimum atomic E-state index is -0.301. The average Bonchev–Trinajstić information content (AvgIpc) is 2.97. The van der Waals surface area contributed by atoms with Crippen LogP contribution in [-0.2, 0) is 14.3 Å². The standard InChI is InChI=1S/C16H21NO3/c18-15(17-14-8-2-1-3-9-14)12-20-16(19)11-10-13-6-4-5-7-13/h1-3,8-9,13H,4-7,10-12H2,(H,17,18). The lowest BCUT2D eigenvalue weighted by molar-refractivity contribution is -0.147. The van der Waals surface area contributed by atoms with Crippen LogP contribution in [0.1, 0.15) is 38.5 Å². The largest absolute Gasteiger partial charge is 0.456 e. The van der Waals surface area contributed by atoms with E-state index >= 15 is 0 Å². The number of hydrogen-bond acceptors (Lipinski definition) is 3. The predicted molar refractivity (Wildman–Crippen MR) is 77.2 cm³/mol. The van der Waals surface area contributed by atoms with E-state index in [2.05, 4.69) is 5.32 Å². The van der Waals surface area contributed by atoms with Gasteiger partial charge < -0.3 is 10.1 Å². The highest BCUT2D eigenvalue weighted by Crippen LogP contribution is 2.28. The van der Waals surface area contributed by atoms with Crippen LogP contribution in [0, 0.1) is 5.92 Å². The number of amides is 1. The first-order valence-corrected chi connectivity index (χ1v) is 7.24. The van der Waals surface area contributed by atoms with Crippen molar-refractivity contribution in [1.82, 2.24) is 0 Å². The van der Waals surface area contributed by atoms with Crippen LogP contribution in [0.4, 0.5) is 5.69 Å². The maximum atomic E-state index is 11.6. The molecule has 0 spiro atoms. The Labute approximate surface area is 119 Å². The van der Waals surface area contributed by atoms with E-state index in [1.54, 1.807) is 12.1 Å². The summed E-state index contributed by atoms with van der Waals surface area (Å²) in [6.45, 7) is -0.210. The van der Waals surface area contributed by atoms with Crippen molar-refractivity contribution in [1.29, 1.82) is 0 Å². The molecule has 4 nitrogen and oxygen atoms in total. The Morgan fingerprint density at radius 1 is 1.15 bits per heavy atom. The molecule has 0 heterocycles. The number of ether oxygens (including phenoxy) is 1. The molecule has 1 fully saturated rings. The molecule has 1 aromatic carbocycles. The normalized spacial score (nSPS) is 15.0. The molecular formula is C16H21NO3. The number of carbonyl (C=O) groups excluding carboxylic acids is 2. The molecule has 1 saturated carbocycles. The minimum absolute atomic E-state index is 0.210. The molecule has 0 aliphatic heterocycles. The molecule has 2 rings (SSSR count). The van der Waals surface area contributed by atoms with Gasteiger partial charge in [-0.25, -0.2) is 0 Å². The summed E-state index contributed by atoms with van der Waals surface area (Å²) >= 11 is 0. The molecule has 1 aromatic rings. The van der Waals surface area contributed by atoms with E-state index in [1.165, 1.54) is 25.7 Å². The van der Waals surface area contributed by atoms with Crippen LogP contribution in [0.15, 0.2) is 30.3 Å². The summed E-state index contributed by atoms with van der Waals surface area (Å²) in [6.07, 6.45) is 6.31. The van der Waals surface area contributed by atoms with Crippen molar-refractivity contribution in [3.05, 3.63) is 30.3 Å². The third-order valence-corrected chi connectivity index (χ3v) is 3.65. The lowest BCUT2D eigenvalue weighted by atomic mass is 10.0. The molecule has 1 amide bonds. The van der Waals surface area contributed by atoms with Crippen molar-refractivity contribution in [3.63, 3.8) is 0 Å². The van der Waals surface area contributed by atoms with Gasteiger partial charge in [0.1, 0.15) is 0 Å². The number of esters is 1. The van der Waals surface area contributed by atoms with Crippen LogP contribution in [0.3, 0.4) is 0 Å². The van der Waals surface area contributed by atoms with Gasteiger partial charge in [-0.3, -0.25) is 9.59 Å². The lowest BCUT2D eigenvalue weighted by Crippen LogP contribution is -2.21. The molecule has 0 radical (unpaired) electrons. The Bertz CT molecular complexity index is 438. The van der Waals surface area contributed by atoms with Crippen LogP contribution < -0.4 is 5.32 Å². The number of para-hydroxylation sites is 1. The lowest BCUT2D eigenvalue weighted by Gasteiger charge is -2.09. The minimum Gasteiger partial charge on any atom is -0.456 e. The molecule has 0 bridgehead atoms. The number of hydrogen-bond donors (Lipinski definition) is 1. The highest BCUT2D eigenvalue weighted by atomic mass is 16.5. The third kappa shape index (κ3) is 5.03. The molecule has 20 heavy (non-hydrogen) atoms. The fourth-order valence-corrected chi connectivity index (χ4v) is 2.56. The van der Waals surface area contributed by atoms with Crippen LogP contribution in [0.2, 0.25) is 0 Å². The summed E-state index contributed by atoms with van der Waals surface area (Å²) in [7, 11) is 0. The van der Waals surface area contributed by atoms with Gasteiger partial charge in [0.05, 0.1) is 0 Å². The predicted octanol–water partition coefficient (Wildman–Crippen LogP) is 3.14. The van der Waals surface area contributed by atoms with Crippen LogP contribution in [-0.4, -0.2) is 18.5 Å². The van der Waals surface area contributed by atoms with Crippen molar-refractivity contribution >= 4 is 17.6 Å². The molecule has 0 unspecified atom stereocenters. The Morgan fingerprint density at radius 2 is 1.85 bits per heavy atom. The maximum absolute atomic E-state index is 11.6. The molecule has 1 aliphatic rings. The summed E-state index contributed by atoms with van der Waals surface area (Å²) < 4.78 is 4.98. The van der Waals surface area contributed by atoms with Crippen molar-refractivity contribution in [3.8, 4) is 0 Å². The summed E-state index contributed by atoms with van der Waals surface area (Å²) in [6, 6.07) is 9.13. The first kappa shape index (κ1) is 14.6. The molecule has 0 saturated heterocycles. The van der Waals surface area contributed by atoms with Gasteiger partial charge in [0.15, 0.2) is 6.61 Å². The van der Waals surface area contributed by atoms with Gasteiger partial charge in [0.25, 0.3) is 5.91 Å². The molecule has 1 aliphatic carbocycles. The molecule has 4 heteroatoms. The second-order valence-corrected chi connectivity index (χ2v) is 5.26. The van der Waals surface area contributed by atoms with Gasteiger partial charge >= 0.3 is 5.97 Å². The number of nitrogens with one attached hydrogen (secondary N) is 1. The van der Waals surface area contributed by atoms with Gasteiger partial charge in [-0.2, -0.15) is 0 Å². The third-order valence-electron chi connectivity index (χ3n) is 3.65. The number of benzene rings is 1. The van der Waals surface area contributed by atoms with Gasteiger partial charge in [0.2, 0.25) is 0 Å². The molecule has 108 valence electrons. The van der Waals surface area contributed by atoms with Gasteiger partial charge in [0, 0.05) is 12.1 Å². The second kappa shape index (κ2) is 7.68. The summed E-state index contributed by atoms with van der Waals surface area (Å²) in [5, 5.41) is 2.68. The topological polar surface area (TPSA) is 55.4 Å². The molecular weight excluding hydrogens is 254 g/mol. The number of anilines is 1. The summed E-state index contributed by atoms with van der Waals surface area (Å²) in [4.78, 5) is 23.1. The van der Waals surface area contributed by atoms with E-state index in [9.17, 15) is 9.59 Å². The molecule has 0 aromatic heterocycles. The summed E-state index contributed by atoms with van der Waals surface area (Å²) in [5.41, 5.74) is 0.708. The average molecular weight is 275 g/mol. The number of carbonyl (C=O) groups is 2. The molecule has 0 atom stereocenters. The van der Waals surface area contributed by atoms with Crippen LogP contribution >= 0.6 is 0 Å². The van der Waals surface area contributed by atoms with Crippen molar-refractivity contribution < 1.29 is 14.3 Å². The van der Waals surface area contributed by atoms with Gasteiger partial charge in [-0.15, -0.1) is 0 Å². The van der Waals surface area contributed by atoms with E-state index in [-0.39, 0.29) is 18.5 Å². The van der Waals surface area contributed by atoms with Gasteiger partial charge in [-0.1, -0.05) is 43.9 Å². The van der Waals surface area contributed by atoms with Crippen molar-refractivity contribution in [2.45, 2.75) is 38.5 Å². The zero-order chi connectivity index (χ0) is 14.2.